The van der Waals surface area contributed by atoms with Crippen molar-refractivity contribution in [2.24, 2.45) is 0 Å². The number of nitrogens with one attached hydrogen (secondary N) is 1. The van der Waals surface area contributed by atoms with E-state index < -0.39 is 0 Å². The molecule has 0 aliphatic rings. The Hall–Kier alpha value is -3.67. The molecule has 0 fully saturated rings. The Morgan fingerprint density at radius 1 is 1.07 bits per heavy atom. The molecule has 1 heterocycles. The van der Waals surface area contributed by atoms with Gasteiger partial charge in [-0.1, -0.05) is 53.7 Å². The topological polar surface area (TPSA) is 77.2 Å². The Bertz CT molecular complexity index is 1150. The molecule has 6 nitrogen and oxygen atoms in total. The number of hydrogen-bond acceptors (Lipinski definition) is 5. The lowest BCUT2D eigenvalue weighted by Crippen LogP contribution is -2.27. The number of carbonyl (C=O) groups is 1. The van der Waals surface area contributed by atoms with E-state index in [9.17, 15) is 4.79 Å². The van der Waals surface area contributed by atoms with Gasteiger partial charge in [0.05, 0.1) is 11.6 Å². The summed E-state index contributed by atoms with van der Waals surface area (Å²) in [6.07, 6.45) is 0. The number of rotatable bonds is 6. The molecule has 0 aliphatic heterocycles. The van der Waals surface area contributed by atoms with Crippen LogP contribution in [0.25, 0.3) is 10.8 Å². The van der Waals surface area contributed by atoms with Gasteiger partial charge in [-0.25, -0.2) is 0 Å². The number of benzene rings is 3. The SMILES string of the molecule is Cc1nc(COc2ccccc2C(=O)NC(C)c2ccc3ccccc3c2)no1. The predicted molar refractivity (Wildman–Crippen MR) is 110 cm³/mol. The number of aromatic nitrogens is 2. The molecule has 0 bridgehead atoms. The second-order valence-corrected chi connectivity index (χ2v) is 6.82. The zero-order valence-electron chi connectivity index (χ0n) is 16.3. The van der Waals surface area contributed by atoms with Crippen molar-refractivity contribution in [1.82, 2.24) is 15.5 Å². The first kappa shape index (κ1) is 18.7. The van der Waals surface area contributed by atoms with Gasteiger partial charge in [-0.3, -0.25) is 4.79 Å². The van der Waals surface area contributed by atoms with Crippen LogP contribution in [0.4, 0.5) is 0 Å². The van der Waals surface area contributed by atoms with Crippen LogP contribution < -0.4 is 10.1 Å². The molecule has 0 spiro atoms. The molecule has 146 valence electrons. The summed E-state index contributed by atoms with van der Waals surface area (Å²) >= 11 is 0. The lowest BCUT2D eigenvalue weighted by molar-refractivity contribution is 0.0935. The Balaban J connectivity index is 1.48. The van der Waals surface area contributed by atoms with Gasteiger partial charge < -0.3 is 14.6 Å². The van der Waals surface area contributed by atoms with Crippen LogP contribution in [0.2, 0.25) is 0 Å². The highest BCUT2D eigenvalue weighted by Gasteiger charge is 2.16. The molecule has 1 aromatic heterocycles. The molecule has 29 heavy (non-hydrogen) atoms. The van der Waals surface area contributed by atoms with Crippen LogP contribution in [-0.2, 0) is 6.61 Å². The van der Waals surface area contributed by atoms with Crippen LogP contribution in [0, 0.1) is 6.92 Å². The third-order valence-corrected chi connectivity index (χ3v) is 4.68. The zero-order valence-corrected chi connectivity index (χ0v) is 16.3. The Morgan fingerprint density at radius 2 is 1.83 bits per heavy atom. The number of nitrogens with zero attached hydrogens (tertiary/aromatic N) is 2. The summed E-state index contributed by atoms with van der Waals surface area (Å²) in [7, 11) is 0. The first-order valence-electron chi connectivity index (χ1n) is 9.41. The van der Waals surface area contributed by atoms with E-state index in [-0.39, 0.29) is 18.6 Å². The first-order valence-corrected chi connectivity index (χ1v) is 9.41. The van der Waals surface area contributed by atoms with Gasteiger partial charge in [0.2, 0.25) is 11.7 Å². The fraction of sp³-hybridized carbons (Fsp3) is 0.174. The van der Waals surface area contributed by atoms with Crippen LogP contribution in [0.3, 0.4) is 0 Å². The van der Waals surface area contributed by atoms with E-state index in [4.69, 9.17) is 9.26 Å². The van der Waals surface area contributed by atoms with E-state index in [1.807, 2.05) is 31.2 Å². The third-order valence-electron chi connectivity index (χ3n) is 4.68. The Morgan fingerprint density at radius 3 is 2.62 bits per heavy atom. The minimum absolute atomic E-state index is 0.127. The number of ether oxygens (including phenoxy) is 1. The average molecular weight is 387 g/mol. The number of amides is 1. The number of para-hydroxylation sites is 1. The highest BCUT2D eigenvalue weighted by Crippen LogP contribution is 2.23. The van der Waals surface area contributed by atoms with Crippen molar-refractivity contribution < 1.29 is 14.1 Å². The molecule has 1 unspecified atom stereocenters. The first-order chi connectivity index (χ1) is 14.1. The molecule has 0 radical (unpaired) electrons. The maximum Gasteiger partial charge on any atom is 0.255 e. The van der Waals surface area contributed by atoms with Crippen LogP contribution in [0.5, 0.6) is 5.75 Å². The van der Waals surface area contributed by atoms with Crippen molar-refractivity contribution in [2.75, 3.05) is 0 Å². The van der Waals surface area contributed by atoms with Crippen molar-refractivity contribution in [3.8, 4) is 5.75 Å². The van der Waals surface area contributed by atoms with E-state index in [1.165, 1.54) is 5.39 Å². The van der Waals surface area contributed by atoms with Gasteiger partial charge in [-0.15, -0.1) is 0 Å². The van der Waals surface area contributed by atoms with E-state index in [0.717, 1.165) is 10.9 Å². The summed E-state index contributed by atoms with van der Waals surface area (Å²) < 4.78 is 10.7. The molecule has 0 saturated carbocycles. The minimum atomic E-state index is -0.203. The molecule has 3 aromatic carbocycles. The van der Waals surface area contributed by atoms with Crippen molar-refractivity contribution in [1.29, 1.82) is 0 Å². The largest absolute Gasteiger partial charge is 0.485 e. The lowest BCUT2D eigenvalue weighted by Gasteiger charge is -2.16. The van der Waals surface area contributed by atoms with Crippen LogP contribution in [-0.4, -0.2) is 16.0 Å². The Kier molecular flexibility index (Phi) is 5.24. The van der Waals surface area contributed by atoms with Gasteiger partial charge in [0.25, 0.3) is 5.91 Å². The molecule has 4 rings (SSSR count). The van der Waals surface area contributed by atoms with Gasteiger partial charge in [-0.2, -0.15) is 4.98 Å². The number of carbonyl (C=O) groups excluding carboxylic acids is 1. The lowest BCUT2D eigenvalue weighted by atomic mass is 10.0. The molecular weight excluding hydrogens is 366 g/mol. The number of aryl methyl sites for hydroxylation is 1. The molecule has 1 N–H and O–H groups in total. The fourth-order valence-corrected chi connectivity index (χ4v) is 3.16. The van der Waals surface area contributed by atoms with Crippen molar-refractivity contribution in [3.05, 3.63) is 89.6 Å². The molecule has 1 amide bonds. The zero-order chi connectivity index (χ0) is 20.2. The predicted octanol–water partition coefficient (Wildman–Crippen LogP) is 4.60. The molecular formula is C23H21N3O3. The second kappa shape index (κ2) is 8.14. The molecule has 4 aromatic rings. The second-order valence-electron chi connectivity index (χ2n) is 6.82. The van der Waals surface area contributed by atoms with E-state index in [1.54, 1.807) is 25.1 Å². The molecule has 0 aliphatic carbocycles. The van der Waals surface area contributed by atoms with Crippen molar-refractivity contribution >= 4 is 16.7 Å². The van der Waals surface area contributed by atoms with Crippen molar-refractivity contribution in [3.63, 3.8) is 0 Å². The van der Waals surface area contributed by atoms with E-state index >= 15 is 0 Å². The summed E-state index contributed by atoms with van der Waals surface area (Å²) in [5.74, 6) is 1.17. The van der Waals surface area contributed by atoms with Crippen molar-refractivity contribution in [2.45, 2.75) is 26.5 Å². The highest BCUT2D eigenvalue weighted by molar-refractivity contribution is 5.97. The smallest absolute Gasteiger partial charge is 0.255 e. The van der Waals surface area contributed by atoms with Gasteiger partial charge >= 0.3 is 0 Å². The fourth-order valence-electron chi connectivity index (χ4n) is 3.16. The van der Waals surface area contributed by atoms with E-state index in [0.29, 0.717) is 23.0 Å². The molecule has 0 saturated heterocycles. The van der Waals surface area contributed by atoms with Gasteiger partial charge in [0, 0.05) is 6.92 Å². The quantitative estimate of drug-likeness (QED) is 0.523. The normalized spacial score (nSPS) is 11.9. The van der Waals surface area contributed by atoms with Crippen LogP contribution in [0.1, 0.15) is 40.6 Å². The summed E-state index contributed by atoms with van der Waals surface area (Å²) in [4.78, 5) is 17.0. The molecule has 1 atom stereocenters. The standard InChI is InChI=1S/C23H21N3O3/c1-15(18-12-11-17-7-3-4-8-19(17)13-18)24-23(27)20-9-5-6-10-21(20)28-14-22-25-16(2)29-26-22/h3-13,15H,14H2,1-2H3,(H,24,27). The third kappa shape index (κ3) is 4.27. The minimum Gasteiger partial charge on any atom is -0.485 e. The number of hydrogen-bond donors (Lipinski definition) is 1. The summed E-state index contributed by atoms with van der Waals surface area (Å²) in [5, 5.41) is 9.17. The summed E-state index contributed by atoms with van der Waals surface area (Å²) in [6, 6.07) is 21.3. The monoisotopic (exact) mass is 387 g/mol. The van der Waals surface area contributed by atoms with Crippen LogP contribution in [0.15, 0.2) is 71.3 Å². The average Bonchev–Trinajstić information content (AvgIpc) is 3.17. The van der Waals surface area contributed by atoms with Crippen LogP contribution >= 0.6 is 0 Å². The summed E-state index contributed by atoms with van der Waals surface area (Å²) in [5.41, 5.74) is 1.50. The number of fused-ring (bicyclic) bond motifs is 1. The summed E-state index contributed by atoms with van der Waals surface area (Å²) in [6.45, 7) is 3.81. The maximum absolute atomic E-state index is 12.9. The molecule has 6 heteroatoms. The maximum atomic E-state index is 12.9. The Labute approximate surface area is 168 Å². The highest BCUT2D eigenvalue weighted by atomic mass is 16.5. The van der Waals surface area contributed by atoms with Gasteiger partial charge in [0.1, 0.15) is 5.75 Å². The van der Waals surface area contributed by atoms with Gasteiger partial charge in [-0.05, 0) is 41.5 Å². The van der Waals surface area contributed by atoms with E-state index in [2.05, 4.69) is 39.7 Å². The van der Waals surface area contributed by atoms with Gasteiger partial charge in [0.15, 0.2) is 6.61 Å².